The summed E-state index contributed by atoms with van der Waals surface area (Å²) in [5, 5.41) is 0. The van der Waals surface area contributed by atoms with E-state index < -0.39 is 0 Å². The van der Waals surface area contributed by atoms with Gasteiger partial charge in [0.15, 0.2) is 6.61 Å². The number of ether oxygens (including phenoxy) is 2. The quantitative estimate of drug-likeness (QED) is 0.737. The lowest BCUT2D eigenvalue weighted by molar-refractivity contribution is -0.142. The van der Waals surface area contributed by atoms with Crippen molar-refractivity contribution in [1.29, 1.82) is 0 Å². The van der Waals surface area contributed by atoms with Crippen molar-refractivity contribution in [1.82, 2.24) is 0 Å². The number of esters is 1. The molecule has 3 heteroatoms. The molecule has 17 heavy (non-hydrogen) atoms. The lowest BCUT2D eigenvalue weighted by atomic mass is 9.82. The van der Waals surface area contributed by atoms with Crippen LogP contribution in [0.1, 0.15) is 32.8 Å². The van der Waals surface area contributed by atoms with Crippen molar-refractivity contribution in [3.63, 3.8) is 0 Å². The fraction of sp³-hybridized carbons (Fsp3) is 0.500. The van der Waals surface area contributed by atoms with Crippen LogP contribution in [-0.4, -0.2) is 19.7 Å². The molecule has 3 nitrogen and oxygen atoms in total. The monoisotopic (exact) mass is 236 g/mol. The van der Waals surface area contributed by atoms with Crippen molar-refractivity contribution < 1.29 is 14.3 Å². The molecule has 0 unspecified atom stereocenters. The van der Waals surface area contributed by atoms with Crippen LogP contribution in [0.4, 0.5) is 0 Å². The van der Waals surface area contributed by atoms with E-state index in [1.165, 1.54) is 12.7 Å². The lowest BCUT2D eigenvalue weighted by Gasteiger charge is -2.23. The van der Waals surface area contributed by atoms with E-state index in [9.17, 15) is 4.79 Å². The van der Waals surface area contributed by atoms with Gasteiger partial charge in [0.1, 0.15) is 5.75 Å². The Hall–Kier alpha value is -1.51. The topological polar surface area (TPSA) is 35.5 Å². The molecular weight excluding hydrogens is 216 g/mol. The van der Waals surface area contributed by atoms with E-state index in [4.69, 9.17) is 4.74 Å². The first kappa shape index (κ1) is 13.6. The Labute approximate surface area is 103 Å². The number of hydrogen-bond donors (Lipinski definition) is 0. The summed E-state index contributed by atoms with van der Waals surface area (Å²) < 4.78 is 9.79. The molecule has 0 saturated carbocycles. The maximum atomic E-state index is 10.9. The Morgan fingerprint density at radius 1 is 1.24 bits per heavy atom. The summed E-state index contributed by atoms with van der Waals surface area (Å²) in [5.41, 5.74) is 1.44. The minimum absolute atomic E-state index is 0.0486. The predicted octanol–water partition coefficient (Wildman–Crippen LogP) is 2.93. The molecule has 0 aliphatic carbocycles. The fourth-order valence-electron chi connectivity index (χ4n) is 1.41. The summed E-state index contributed by atoms with van der Waals surface area (Å²) in [6, 6.07) is 7.84. The number of carbonyl (C=O) groups is 1. The van der Waals surface area contributed by atoms with Crippen molar-refractivity contribution in [3.8, 4) is 5.75 Å². The van der Waals surface area contributed by atoms with E-state index in [1.807, 2.05) is 24.3 Å². The van der Waals surface area contributed by atoms with Crippen LogP contribution in [0.25, 0.3) is 0 Å². The number of rotatable bonds is 5. The van der Waals surface area contributed by atoms with Crippen molar-refractivity contribution in [2.45, 2.75) is 32.6 Å². The number of carbonyl (C=O) groups excluding carboxylic acids is 1. The van der Waals surface area contributed by atoms with Gasteiger partial charge < -0.3 is 9.47 Å². The zero-order valence-electron chi connectivity index (χ0n) is 10.9. The molecular formula is C14H20O3. The molecule has 0 atom stereocenters. The molecule has 94 valence electrons. The van der Waals surface area contributed by atoms with Crippen molar-refractivity contribution in [3.05, 3.63) is 29.8 Å². The second-order valence-corrected chi connectivity index (χ2v) is 4.63. The Morgan fingerprint density at radius 3 is 2.29 bits per heavy atom. The third-order valence-corrected chi connectivity index (χ3v) is 3.10. The van der Waals surface area contributed by atoms with E-state index in [1.54, 1.807) is 0 Å². The smallest absolute Gasteiger partial charge is 0.343 e. The van der Waals surface area contributed by atoms with Crippen LogP contribution in [0.15, 0.2) is 24.3 Å². The zero-order chi connectivity index (χ0) is 12.9. The molecule has 0 aromatic heterocycles. The van der Waals surface area contributed by atoms with Crippen LogP contribution in [0, 0.1) is 0 Å². The highest BCUT2D eigenvalue weighted by atomic mass is 16.6. The standard InChI is InChI=1S/C14H20O3/c1-5-14(2,3)11-6-8-12(9-7-11)17-10-13(15)16-4/h6-9H,5,10H2,1-4H3. The molecule has 1 rings (SSSR count). The van der Waals surface area contributed by atoms with Gasteiger partial charge in [0.05, 0.1) is 7.11 Å². The largest absolute Gasteiger partial charge is 0.482 e. The second-order valence-electron chi connectivity index (χ2n) is 4.63. The normalized spacial score (nSPS) is 11.1. The molecule has 1 aromatic rings. The summed E-state index contributed by atoms with van der Waals surface area (Å²) >= 11 is 0. The summed E-state index contributed by atoms with van der Waals surface area (Å²) in [6.45, 7) is 6.53. The molecule has 0 aliphatic heterocycles. The molecule has 0 bridgehead atoms. The maximum Gasteiger partial charge on any atom is 0.343 e. The van der Waals surface area contributed by atoms with Gasteiger partial charge in [-0.1, -0.05) is 32.9 Å². The van der Waals surface area contributed by atoms with Gasteiger partial charge >= 0.3 is 5.97 Å². The average molecular weight is 236 g/mol. The van der Waals surface area contributed by atoms with Gasteiger partial charge in [-0.15, -0.1) is 0 Å². The summed E-state index contributed by atoms with van der Waals surface area (Å²) in [4.78, 5) is 10.9. The van der Waals surface area contributed by atoms with Gasteiger partial charge in [0, 0.05) is 0 Å². The average Bonchev–Trinajstić information content (AvgIpc) is 2.36. The lowest BCUT2D eigenvalue weighted by Crippen LogP contribution is -2.15. The Kier molecular flexibility index (Phi) is 4.55. The Balaban J connectivity index is 2.65. The van der Waals surface area contributed by atoms with Gasteiger partial charge in [-0.05, 0) is 29.5 Å². The van der Waals surface area contributed by atoms with Crippen LogP contribution in [0.2, 0.25) is 0 Å². The summed E-state index contributed by atoms with van der Waals surface area (Å²) in [5.74, 6) is 0.314. The first-order chi connectivity index (χ1) is 7.99. The number of benzene rings is 1. The van der Waals surface area contributed by atoms with Gasteiger partial charge in [0.25, 0.3) is 0 Å². The molecule has 0 aliphatic rings. The first-order valence-corrected chi connectivity index (χ1v) is 5.79. The highest BCUT2D eigenvalue weighted by molar-refractivity contribution is 5.70. The Bertz CT molecular complexity index is 366. The molecule has 0 amide bonds. The van der Waals surface area contributed by atoms with Gasteiger partial charge in [-0.25, -0.2) is 4.79 Å². The Morgan fingerprint density at radius 2 is 1.82 bits per heavy atom. The van der Waals surface area contributed by atoms with Crippen molar-refractivity contribution in [2.24, 2.45) is 0 Å². The molecule has 0 heterocycles. The van der Waals surface area contributed by atoms with Crippen LogP contribution in [0.5, 0.6) is 5.75 Å². The van der Waals surface area contributed by atoms with Crippen LogP contribution in [0.3, 0.4) is 0 Å². The van der Waals surface area contributed by atoms with E-state index >= 15 is 0 Å². The molecule has 0 saturated heterocycles. The van der Waals surface area contributed by atoms with Gasteiger partial charge in [0.2, 0.25) is 0 Å². The van der Waals surface area contributed by atoms with Crippen molar-refractivity contribution >= 4 is 5.97 Å². The van der Waals surface area contributed by atoms with Crippen LogP contribution in [-0.2, 0) is 14.9 Å². The van der Waals surface area contributed by atoms with Gasteiger partial charge in [-0.2, -0.15) is 0 Å². The minimum atomic E-state index is -0.372. The third-order valence-electron chi connectivity index (χ3n) is 3.10. The molecule has 0 radical (unpaired) electrons. The minimum Gasteiger partial charge on any atom is -0.482 e. The first-order valence-electron chi connectivity index (χ1n) is 5.79. The molecule has 1 aromatic carbocycles. The molecule has 0 N–H and O–H groups in total. The fourth-order valence-corrected chi connectivity index (χ4v) is 1.41. The third kappa shape index (κ3) is 3.77. The van der Waals surface area contributed by atoms with Gasteiger partial charge in [-0.3, -0.25) is 0 Å². The van der Waals surface area contributed by atoms with Crippen LogP contribution >= 0.6 is 0 Å². The second kappa shape index (κ2) is 5.71. The zero-order valence-corrected chi connectivity index (χ0v) is 10.9. The highest BCUT2D eigenvalue weighted by Gasteiger charge is 2.17. The van der Waals surface area contributed by atoms with E-state index in [-0.39, 0.29) is 18.0 Å². The maximum absolute atomic E-state index is 10.9. The van der Waals surface area contributed by atoms with E-state index in [2.05, 4.69) is 25.5 Å². The summed E-state index contributed by atoms with van der Waals surface area (Å²) in [7, 11) is 1.35. The van der Waals surface area contributed by atoms with Crippen molar-refractivity contribution in [2.75, 3.05) is 13.7 Å². The highest BCUT2D eigenvalue weighted by Crippen LogP contribution is 2.27. The molecule has 0 spiro atoms. The number of hydrogen-bond acceptors (Lipinski definition) is 3. The van der Waals surface area contributed by atoms with E-state index in [0.717, 1.165) is 6.42 Å². The predicted molar refractivity (Wildman–Crippen MR) is 67.3 cm³/mol. The SMILES string of the molecule is CCC(C)(C)c1ccc(OCC(=O)OC)cc1. The van der Waals surface area contributed by atoms with E-state index in [0.29, 0.717) is 5.75 Å². The van der Waals surface area contributed by atoms with Crippen LogP contribution < -0.4 is 4.74 Å². The molecule has 0 fully saturated rings. The number of methoxy groups -OCH3 is 1. The summed E-state index contributed by atoms with van der Waals surface area (Å²) in [6.07, 6.45) is 1.08.